The molecule has 0 bridgehead atoms. The zero-order valence-electron chi connectivity index (χ0n) is 12.6. The highest BCUT2D eigenvalue weighted by Crippen LogP contribution is 2.29. The Morgan fingerprint density at radius 2 is 1.95 bits per heavy atom. The van der Waals surface area contributed by atoms with Crippen LogP contribution in [0, 0.1) is 0 Å². The quantitative estimate of drug-likeness (QED) is 0.913. The predicted octanol–water partition coefficient (Wildman–Crippen LogP) is 2.64. The van der Waals surface area contributed by atoms with Crippen molar-refractivity contribution < 1.29 is 4.42 Å². The van der Waals surface area contributed by atoms with E-state index in [0.29, 0.717) is 24.1 Å². The summed E-state index contributed by atoms with van der Waals surface area (Å²) in [4.78, 5) is 0.877. The van der Waals surface area contributed by atoms with Gasteiger partial charge in [-0.2, -0.15) is 0 Å². The fraction of sp³-hybridized carbons (Fsp3) is 0.692. The minimum Gasteiger partial charge on any atom is -0.420 e. The lowest BCUT2D eigenvalue weighted by Crippen LogP contribution is -2.37. The van der Waals surface area contributed by atoms with Gasteiger partial charge in [0.2, 0.25) is 5.89 Å². The molecule has 0 aliphatic heterocycles. The molecule has 7 heteroatoms. The van der Waals surface area contributed by atoms with Crippen molar-refractivity contribution in [3.05, 3.63) is 11.6 Å². The van der Waals surface area contributed by atoms with E-state index in [9.17, 15) is 0 Å². The summed E-state index contributed by atoms with van der Waals surface area (Å²) < 4.78 is 9.68. The predicted molar refractivity (Wildman–Crippen MR) is 78.7 cm³/mol. The van der Waals surface area contributed by atoms with E-state index in [-0.39, 0.29) is 5.54 Å². The summed E-state index contributed by atoms with van der Waals surface area (Å²) in [6.45, 7) is 11.3. The van der Waals surface area contributed by atoms with E-state index in [1.54, 1.807) is 0 Å². The lowest BCUT2D eigenvalue weighted by molar-refractivity contribution is 0.412. The monoisotopic (exact) mass is 295 g/mol. The molecule has 0 fully saturated rings. The van der Waals surface area contributed by atoms with Gasteiger partial charge in [-0.3, -0.25) is 0 Å². The molecule has 0 saturated carbocycles. The molecule has 2 aromatic heterocycles. The zero-order chi connectivity index (χ0) is 14.8. The molecule has 2 rings (SSSR count). The third-order valence-electron chi connectivity index (χ3n) is 2.72. The average Bonchev–Trinajstić information content (AvgIpc) is 2.93. The van der Waals surface area contributed by atoms with Crippen LogP contribution in [0.25, 0.3) is 10.8 Å². The molecule has 2 heterocycles. The average molecular weight is 295 g/mol. The Balaban J connectivity index is 2.04. The number of hydrogen-bond acceptors (Lipinski definition) is 7. The van der Waals surface area contributed by atoms with Gasteiger partial charge >= 0.3 is 0 Å². The molecule has 0 saturated heterocycles. The molecule has 20 heavy (non-hydrogen) atoms. The largest absolute Gasteiger partial charge is 0.420 e. The SMILES string of the molecule is CC(C)c1nnsc1-c1nnc(CCNC(C)(C)C)o1. The molecule has 0 aliphatic rings. The van der Waals surface area contributed by atoms with Crippen LogP contribution in [0.3, 0.4) is 0 Å². The summed E-state index contributed by atoms with van der Waals surface area (Å²) in [5.74, 6) is 1.45. The highest BCUT2D eigenvalue weighted by Gasteiger charge is 2.19. The zero-order valence-corrected chi connectivity index (χ0v) is 13.4. The Morgan fingerprint density at radius 1 is 1.20 bits per heavy atom. The van der Waals surface area contributed by atoms with Gasteiger partial charge in [0.1, 0.15) is 4.88 Å². The topological polar surface area (TPSA) is 76.7 Å². The second-order valence-corrected chi connectivity index (χ2v) is 6.82. The Bertz CT molecular complexity index is 555. The maximum atomic E-state index is 5.70. The molecule has 110 valence electrons. The van der Waals surface area contributed by atoms with Crippen molar-refractivity contribution in [2.24, 2.45) is 0 Å². The summed E-state index contributed by atoms with van der Waals surface area (Å²) in [5, 5.41) is 15.7. The lowest BCUT2D eigenvalue weighted by Gasteiger charge is -2.19. The van der Waals surface area contributed by atoms with Crippen LogP contribution in [0.5, 0.6) is 0 Å². The Labute approximate surface area is 123 Å². The molecule has 0 aliphatic carbocycles. The standard InChI is InChI=1S/C13H21N5OS/c1-8(2)10-11(20-18-16-10)12-17-15-9(19-12)6-7-14-13(3,4)5/h8,14H,6-7H2,1-5H3. The second-order valence-electron chi connectivity index (χ2n) is 6.07. The van der Waals surface area contributed by atoms with Crippen molar-refractivity contribution in [2.75, 3.05) is 6.54 Å². The number of hydrogen-bond donors (Lipinski definition) is 1. The summed E-state index contributed by atoms with van der Waals surface area (Å²) in [7, 11) is 0. The highest BCUT2D eigenvalue weighted by molar-refractivity contribution is 7.09. The van der Waals surface area contributed by atoms with Gasteiger partial charge in [0.25, 0.3) is 5.89 Å². The fourth-order valence-electron chi connectivity index (χ4n) is 1.71. The van der Waals surface area contributed by atoms with Crippen LogP contribution in [-0.4, -0.2) is 31.9 Å². The molecule has 0 spiro atoms. The van der Waals surface area contributed by atoms with E-state index in [2.05, 4.69) is 59.7 Å². The molecule has 1 N–H and O–H groups in total. The number of rotatable bonds is 5. The van der Waals surface area contributed by atoms with Crippen LogP contribution < -0.4 is 5.32 Å². The van der Waals surface area contributed by atoms with Crippen LogP contribution in [0.15, 0.2) is 4.42 Å². The van der Waals surface area contributed by atoms with E-state index in [1.807, 2.05) is 0 Å². The van der Waals surface area contributed by atoms with Gasteiger partial charge in [0.05, 0.1) is 5.69 Å². The van der Waals surface area contributed by atoms with Crippen LogP contribution in [0.4, 0.5) is 0 Å². The van der Waals surface area contributed by atoms with E-state index in [4.69, 9.17) is 4.42 Å². The van der Waals surface area contributed by atoms with Gasteiger partial charge in [-0.05, 0) is 38.2 Å². The second kappa shape index (κ2) is 5.97. The van der Waals surface area contributed by atoms with Gasteiger partial charge in [-0.25, -0.2) is 0 Å². The summed E-state index contributed by atoms with van der Waals surface area (Å²) in [6, 6.07) is 0. The first-order chi connectivity index (χ1) is 9.37. The van der Waals surface area contributed by atoms with Gasteiger partial charge in [0.15, 0.2) is 0 Å². The van der Waals surface area contributed by atoms with E-state index < -0.39 is 0 Å². The summed E-state index contributed by atoms with van der Waals surface area (Å²) >= 11 is 1.30. The van der Waals surface area contributed by atoms with E-state index in [0.717, 1.165) is 17.1 Å². The third-order valence-corrected chi connectivity index (χ3v) is 3.45. The summed E-state index contributed by atoms with van der Waals surface area (Å²) in [5.41, 5.74) is 1.01. The Kier molecular flexibility index (Phi) is 4.49. The van der Waals surface area contributed by atoms with Gasteiger partial charge < -0.3 is 9.73 Å². The minimum atomic E-state index is 0.0925. The normalized spacial score (nSPS) is 12.3. The van der Waals surface area contributed by atoms with Gasteiger partial charge in [-0.15, -0.1) is 15.3 Å². The summed E-state index contributed by atoms with van der Waals surface area (Å²) in [6.07, 6.45) is 0.716. The minimum absolute atomic E-state index is 0.0925. The number of nitrogens with one attached hydrogen (secondary N) is 1. The third kappa shape index (κ3) is 3.83. The van der Waals surface area contributed by atoms with Crippen molar-refractivity contribution in [1.82, 2.24) is 25.1 Å². The smallest absolute Gasteiger partial charge is 0.261 e. The molecule has 0 atom stereocenters. The van der Waals surface area contributed by atoms with Crippen LogP contribution in [0.1, 0.15) is 52.1 Å². The molecular weight excluding hydrogens is 274 g/mol. The van der Waals surface area contributed by atoms with Crippen molar-refractivity contribution in [1.29, 1.82) is 0 Å². The van der Waals surface area contributed by atoms with E-state index in [1.165, 1.54) is 11.5 Å². The van der Waals surface area contributed by atoms with Crippen LogP contribution in [-0.2, 0) is 6.42 Å². The molecule has 0 radical (unpaired) electrons. The van der Waals surface area contributed by atoms with Crippen molar-refractivity contribution in [2.45, 2.75) is 52.5 Å². The van der Waals surface area contributed by atoms with Crippen molar-refractivity contribution >= 4 is 11.5 Å². The molecule has 0 amide bonds. The van der Waals surface area contributed by atoms with Gasteiger partial charge in [0, 0.05) is 18.5 Å². The Hall–Kier alpha value is -1.34. The van der Waals surface area contributed by atoms with Crippen molar-refractivity contribution in [3.63, 3.8) is 0 Å². The van der Waals surface area contributed by atoms with Crippen molar-refractivity contribution in [3.8, 4) is 10.8 Å². The lowest BCUT2D eigenvalue weighted by atomic mass is 10.1. The molecule has 0 unspecified atom stereocenters. The molecule has 2 aromatic rings. The maximum Gasteiger partial charge on any atom is 0.261 e. The first-order valence-electron chi connectivity index (χ1n) is 6.77. The van der Waals surface area contributed by atoms with Crippen LogP contribution in [0.2, 0.25) is 0 Å². The fourth-order valence-corrected chi connectivity index (χ4v) is 2.46. The Morgan fingerprint density at radius 3 is 2.60 bits per heavy atom. The highest BCUT2D eigenvalue weighted by atomic mass is 32.1. The maximum absolute atomic E-state index is 5.70. The van der Waals surface area contributed by atoms with Crippen LogP contribution >= 0.6 is 11.5 Å². The molecule has 0 aromatic carbocycles. The first-order valence-corrected chi connectivity index (χ1v) is 7.54. The molecular formula is C13H21N5OS. The number of aromatic nitrogens is 4. The first kappa shape index (κ1) is 15.1. The number of nitrogens with zero attached hydrogens (tertiary/aromatic N) is 4. The van der Waals surface area contributed by atoms with Gasteiger partial charge in [-0.1, -0.05) is 18.3 Å². The molecule has 6 nitrogen and oxygen atoms in total. The van der Waals surface area contributed by atoms with E-state index >= 15 is 0 Å².